The van der Waals surface area contributed by atoms with Gasteiger partial charge in [-0.3, -0.25) is 5.32 Å². The van der Waals surface area contributed by atoms with E-state index in [9.17, 15) is 0 Å². The van der Waals surface area contributed by atoms with Crippen molar-refractivity contribution in [2.75, 3.05) is 36.8 Å². The lowest BCUT2D eigenvalue weighted by molar-refractivity contribution is -0.485. The van der Waals surface area contributed by atoms with Crippen molar-refractivity contribution >= 4 is 34.5 Å². The van der Waals surface area contributed by atoms with Gasteiger partial charge in [0.05, 0.1) is 9.79 Å². The molecule has 0 saturated carbocycles. The van der Waals surface area contributed by atoms with Gasteiger partial charge in [-0.05, 0) is 24.3 Å². The Kier molecular flexibility index (Phi) is 6.56. The zero-order valence-corrected chi connectivity index (χ0v) is 14.4. The van der Waals surface area contributed by atoms with Gasteiger partial charge in [-0.15, -0.1) is 0 Å². The van der Waals surface area contributed by atoms with E-state index >= 15 is 0 Å². The number of rotatable bonds is 6. The Morgan fingerprint density at radius 2 is 1.30 bits per heavy atom. The minimum Gasteiger partial charge on any atom is -1.00 e. The normalized spacial score (nSPS) is 11.9. The minimum absolute atomic E-state index is 0. The van der Waals surface area contributed by atoms with Crippen molar-refractivity contribution in [2.24, 2.45) is 11.5 Å². The number of anilines is 2. The fourth-order valence-electron chi connectivity index (χ4n) is 2.42. The summed E-state index contributed by atoms with van der Waals surface area (Å²) in [5.41, 5.74) is 15.8. The maximum absolute atomic E-state index is 5.54. The quantitative estimate of drug-likeness (QED) is 0.346. The summed E-state index contributed by atoms with van der Waals surface area (Å²) in [5.74, 6) is 0. The van der Waals surface area contributed by atoms with Crippen LogP contribution >= 0.6 is 11.8 Å². The number of hydrogen-bond donors (Lipinski definition) is 5. The Bertz CT molecular complexity index is 609. The Hall–Kier alpha value is -1.44. The van der Waals surface area contributed by atoms with Gasteiger partial charge in [0, 0.05) is 49.7 Å². The van der Waals surface area contributed by atoms with Crippen molar-refractivity contribution in [3.05, 3.63) is 36.4 Å². The van der Waals surface area contributed by atoms with E-state index in [2.05, 4.69) is 52.3 Å². The Labute approximate surface area is 147 Å². The molecule has 2 aromatic rings. The first-order valence-corrected chi connectivity index (χ1v) is 8.30. The molecule has 0 radical (unpaired) electrons. The Morgan fingerprint density at radius 1 is 0.826 bits per heavy atom. The molecule has 23 heavy (non-hydrogen) atoms. The fourth-order valence-corrected chi connectivity index (χ4v) is 3.52. The van der Waals surface area contributed by atoms with Gasteiger partial charge in [0.15, 0.2) is 0 Å². The molecular formula is C16H22ClN5S. The van der Waals surface area contributed by atoms with Crippen LogP contribution < -0.4 is 39.8 Å². The molecule has 0 bridgehead atoms. The molecule has 1 aliphatic rings. The SMILES string of the molecule is NCCNc1ccc2c(c1)Sc1cc(NCCN)ccc1[NH2+]2.[Cl-]. The van der Waals surface area contributed by atoms with Gasteiger partial charge in [0.25, 0.3) is 0 Å². The van der Waals surface area contributed by atoms with E-state index < -0.39 is 0 Å². The summed E-state index contributed by atoms with van der Waals surface area (Å²) in [6.07, 6.45) is 0. The van der Waals surface area contributed by atoms with Gasteiger partial charge >= 0.3 is 0 Å². The smallest absolute Gasteiger partial charge is 0.148 e. The molecule has 5 nitrogen and oxygen atoms in total. The molecule has 1 aliphatic heterocycles. The Morgan fingerprint density at radius 3 is 1.74 bits per heavy atom. The van der Waals surface area contributed by atoms with Crippen LogP contribution in [0.2, 0.25) is 0 Å². The summed E-state index contributed by atoms with van der Waals surface area (Å²) in [6, 6.07) is 12.9. The largest absolute Gasteiger partial charge is 1.00 e. The van der Waals surface area contributed by atoms with Crippen molar-refractivity contribution in [2.45, 2.75) is 9.79 Å². The highest BCUT2D eigenvalue weighted by Gasteiger charge is 2.20. The Balaban J connectivity index is 0.00000192. The van der Waals surface area contributed by atoms with Crippen molar-refractivity contribution in [1.82, 2.24) is 0 Å². The van der Waals surface area contributed by atoms with E-state index in [1.165, 1.54) is 21.2 Å². The number of benzene rings is 2. The molecular weight excluding hydrogens is 330 g/mol. The van der Waals surface area contributed by atoms with Crippen molar-refractivity contribution < 1.29 is 17.7 Å². The first-order chi connectivity index (χ1) is 10.8. The van der Waals surface area contributed by atoms with Crippen LogP contribution in [-0.2, 0) is 0 Å². The highest BCUT2D eigenvalue weighted by atomic mass is 35.5. The molecule has 0 unspecified atom stereocenters. The summed E-state index contributed by atoms with van der Waals surface area (Å²) in [6.45, 7) is 2.85. The van der Waals surface area contributed by atoms with Crippen molar-refractivity contribution in [3.63, 3.8) is 0 Å². The van der Waals surface area contributed by atoms with Crippen LogP contribution in [0, 0.1) is 0 Å². The summed E-state index contributed by atoms with van der Waals surface area (Å²) in [7, 11) is 0. The van der Waals surface area contributed by atoms with Crippen LogP contribution in [0.15, 0.2) is 46.2 Å². The molecule has 7 heteroatoms. The molecule has 0 fully saturated rings. The van der Waals surface area contributed by atoms with Crippen LogP contribution in [0.5, 0.6) is 0 Å². The second-order valence-electron chi connectivity index (χ2n) is 5.18. The highest BCUT2D eigenvalue weighted by molar-refractivity contribution is 7.99. The molecule has 0 saturated heterocycles. The van der Waals surface area contributed by atoms with E-state index in [1.807, 2.05) is 0 Å². The average Bonchev–Trinajstić information content (AvgIpc) is 2.56. The molecule has 2 aromatic carbocycles. The third-order valence-corrected chi connectivity index (χ3v) is 4.65. The van der Waals surface area contributed by atoms with Gasteiger partial charge in [0.2, 0.25) is 0 Å². The second-order valence-corrected chi connectivity index (χ2v) is 6.27. The van der Waals surface area contributed by atoms with Gasteiger partial charge in [-0.2, -0.15) is 0 Å². The van der Waals surface area contributed by atoms with Gasteiger partial charge in [0.1, 0.15) is 11.4 Å². The lowest BCUT2D eigenvalue weighted by atomic mass is 10.2. The zero-order valence-electron chi connectivity index (χ0n) is 12.8. The standard InChI is InChI=1S/C16H21N5S.ClH/c17-5-7-19-11-1-3-13-15(9-11)22-16-10-12(20-8-6-18)2-4-14(16)21-13;/h1-4,9-10,19-21H,5-8,17-18H2;1H. The summed E-state index contributed by atoms with van der Waals surface area (Å²) in [4.78, 5) is 2.54. The van der Waals surface area contributed by atoms with Crippen LogP contribution in [0.3, 0.4) is 0 Å². The molecule has 1 heterocycles. The number of fused-ring (bicyclic) bond motifs is 2. The molecule has 0 aliphatic carbocycles. The maximum Gasteiger partial charge on any atom is 0.148 e. The van der Waals surface area contributed by atoms with E-state index in [-0.39, 0.29) is 12.4 Å². The zero-order chi connectivity index (χ0) is 15.4. The highest BCUT2D eigenvalue weighted by Crippen LogP contribution is 2.41. The third kappa shape index (κ3) is 4.31. The van der Waals surface area contributed by atoms with Crippen LogP contribution in [0.1, 0.15) is 0 Å². The van der Waals surface area contributed by atoms with Crippen LogP contribution in [0.4, 0.5) is 22.7 Å². The predicted octanol–water partition coefficient (Wildman–Crippen LogP) is -1.58. The van der Waals surface area contributed by atoms with Crippen molar-refractivity contribution in [3.8, 4) is 0 Å². The molecule has 0 spiro atoms. The lowest BCUT2D eigenvalue weighted by Gasteiger charge is -2.18. The van der Waals surface area contributed by atoms with Crippen molar-refractivity contribution in [1.29, 1.82) is 0 Å². The summed E-state index contributed by atoms with van der Waals surface area (Å²) >= 11 is 1.80. The molecule has 3 rings (SSSR count). The van der Waals surface area contributed by atoms with Crippen LogP contribution in [-0.4, -0.2) is 26.2 Å². The second kappa shape index (κ2) is 8.42. The van der Waals surface area contributed by atoms with Crippen LogP contribution in [0.25, 0.3) is 0 Å². The molecule has 0 aromatic heterocycles. The number of quaternary nitrogens is 1. The molecule has 8 N–H and O–H groups in total. The molecule has 0 atom stereocenters. The predicted molar refractivity (Wildman–Crippen MR) is 93.3 cm³/mol. The number of nitrogens with two attached hydrogens (primary N) is 3. The number of hydrogen-bond acceptors (Lipinski definition) is 5. The third-order valence-electron chi connectivity index (χ3n) is 3.50. The van der Waals surface area contributed by atoms with Gasteiger partial charge in [-0.25, -0.2) is 0 Å². The maximum atomic E-state index is 5.54. The van der Waals surface area contributed by atoms with E-state index in [4.69, 9.17) is 11.5 Å². The average molecular weight is 352 g/mol. The first-order valence-electron chi connectivity index (χ1n) is 7.49. The summed E-state index contributed by atoms with van der Waals surface area (Å²) in [5, 5.41) is 8.90. The van der Waals surface area contributed by atoms with Gasteiger partial charge in [-0.1, -0.05) is 11.8 Å². The summed E-state index contributed by atoms with van der Waals surface area (Å²) < 4.78 is 0. The van der Waals surface area contributed by atoms with E-state index in [0.717, 1.165) is 24.5 Å². The number of nitrogens with one attached hydrogen (secondary N) is 2. The van der Waals surface area contributed by atoms with Gasteiger partial charge < -0.3 is 34.5 Å². The fraction of sp³-hybridized carbons (Fsp3) is 0.250. The first kappa shape index (κ1) is 17.9. The number of halogens is 1. The topological polar surface area (TPSA) is 92.7 Å². The van der Waals surface area contributed by atoms with E-state index in [0.29, 0.717) is 13.1 Å². The monoisotopic (exact) mass is 351 g/mol. The molecule has 0 amide bonds. The minimum atomic E-state index is 0. The lowest BCUT2D eigenvalue weighted by Crippen LogP contribution is -3.00. The van der Waals surface area contributed by atoms with E-state index in [1.54, 1.807) is 11.8 Å². The molecule has 124 valence electrons.